The Morgan fingerprint density at radius 1 is 1.36 bits per heavy atom. The second-order valence-electron chi connectivity index (χ2n) is 6.30. The van der Waals surface area contributed by atoms with Crippen LogP contribution in [0.25, 0.3) is 0 Å². The number of nitrogens with one attached hydrogen (secondary N) is 1. The van der Waals surface area contributed by atoms with Gasteiger partial charge in [-0.15, -0.1) is 0 Å². The average molecular weight is 315 g/mol. The van der Waals surface area contributed by atoms with Gasteiger partial charge in [-0.25, -0.2) is 4.98 Å². The van der Waals surface area contributed by atoms with Gasteiger partial charge in [0.1, 0.15) is 5.82 Å². The SMILES string of the molecule is Cc1cc(C(F)(F)F)cc(N2CC[C@@]3(O)CCNC[C@H]3C2)n1. The number of pyridine rings is 1. The maximum Gasteiger partial charge on any atom is 0.416 e. The van der Waals surface area contributed by atoms with E-state index in [-0.39, 0.29) is 5.92 Å². The summed E-state index contributed by atoms with van der Waals surface area (Å²) in [7, 11) is 0. The number of alkyl halides is 3. The van der Waals surface area contributed by atoms with Crippen molar-refractivity contribution in [2.24, 2.45) is 5.92 Å². The molecule has 0 amide bonds. The molecule has 2 fully saturated rings. The molecule has 2 aliphatic heterocycles. The van der Waals surface area contributed by atoms with Crippen LogP contribution in [0.5, 0.6) is 0 Å². The molecular formula is C15H20F3N3O. The lowest BCUT2D eigenvalue weighted by Crippen LogP contribution is -2.59. The topological polar surface area (TPSA) is 48.4 Å². The predicted octanol–water partition coefficient (Wildman–Crippen LogP) is 1.96. The largest absolute Gasteiger partial charge is 0.416 e. The van der Waals surface area contributed by atoms with Gasteiger partial charge in [0, 0.05) is 31.2 Å². The first-order valence-electron chi connectivity index (χ1n) is 7.52. The molecule has 3 heterocycles. The minimum Gasteiger partial charge on any atom is -0.389 e. The standard InChI is InChI=1S/C15H20F3N3O/c1-10-6-11(15(16,17)18)7-13(20-10)21-5-3-14(22)2-4-19-8-12(14)9-21/h6-7,12,19,22H,2-5,8-9H2,1H3/t12-,14-/m0/s1. The third-order valence-corrected chi connectivity index (χ3v) is 4.73. The molecule has 3 rings (SSSR count). The lowest BCUT2D eigenvalue weighted by atomic mass is 9.76. The number of hydrogen-bond donors (Lipinski definition) is 2. The Bertz CT molecular complexity index is 563. The molecular weight excluding hydrogens is 295 g/mol. The summed E-state index contributed by atoms with van der Waals surface area (Å²) in [5.41, 5.74) is -1.01. The molecule has 4 nitrogen and oxygen atoms in total. The summed E-state index contributed by atoms with van der Waals surface area (Å²) in [4.78, 5) is 6.11. The molecule has 2 N–H and O–H groups in total. The molecule has 122 valence electrons. The van der Waals surface area contributed by atoms with Crippen molar-refractivity contribution < 1.29 is 18.3 Å². The van der Waals surface area contributed by atoms with E-state index in [0.717, 1.165) is 18.7 Å². The van der Waals surface area contributed by atoms with E-state index < -0.39 is 17.3 Å². The number of anilines is 1. The van der Waals surface area contributed by atoms with Crippen molar-refractivity contribution in [3.05, 3.63) is 23.4 Å². The number of aliphatic hydroxyl groups is 1. The zero-order chi connectivity index (χ0) is 16.0. The molecule has 22 heavy (non-hydrogen) atoms. The highest BCUT2D eigenvalue weighted by Crippen LogP contribution is 2.36. The summed E-state index contributed by atoms with van der Waals surface area (Å²) < 4.78 is 38.8. The number of aryl methyl sites for hydroxylation is 1. The highest BCUT2D eigenvalue weighted by Gasteiger charge is 2.43. The van der Waals surface area contributed by atoms with Gasteiger partial charge < -0.3 is 15.3 Å². The number of aromatic nitrogens is 1. The molecule has 2 atom stereocenters. The van der Waals surface area contributed by atoms with E-state index in [1.165, 1.54) is 0 Å². The monoisotopic (exact) mass is 315 g/mol. The van der Waals surface area contributed by atoms with Crippen LogP contribution in [0.2, 0.25) is 0 Å². The fourth-order valence-electron chi connectivity index (χ4n) is 3.41. The van der Waals surface area contributed by atoms with Gasteiger partial charge in [0.25, 0.3) is 0 Å². The molecule has 0 spiro atoms. The normalized spacial score (nSPS) is 29.3. The van der Waals surface area contributed by atoms with Crippen LogP contribution in [0, 0.1) is 12.8 Å². The third kappa shape index (κ3) is 2.92. The van der Waals surface area contributed by atoms with Crippen molar-refractivity contribution in [1.29, 1.82) is 0 Å². The minimum atomic E-state index is -4.37. The van der Waals surface area contributed by atoms with Crippen LogP contribution in [0.1, 0.15) is 24.1 Å². The van der Waals surface area contributed by atoms with Crippen molar-refractivity contribution in [2.45, 2.75) is 31.5 Å². The smallest absolute Gasteiger partial charge is 0.389 e. The molecule has 0 bridgehead atoms. The number of nitrogens with zero attached hydrogens (tertiary/aromatic N) is 2. The van der Waals surface area contributed by atoms with Crippen LogP contribution in [0.15, 0.2) is 12.1 Å². The van der Waals surface area contributed by atoms with E-state index in [1.807, 2.05) is 4.90 Å². The zero-order valence-electron chi connectivity index (χ0n) is 12.5. The quantitative estimate of drug-likeness (QED) is 0.832. The predicted molar refractivity (Wildman–Crippen MR) is 76.7 cm³/mol. The fourth-order valence-corrected chi connectivity index (χ4v) is 3.41. The van der Waals surface area contributed by atoms with Crippen LogP contribution in [-0.4, -0.2) is 41.9 Å². The zero-order valence-corrected chi connectivity index (χ0v) is 12.5. The van der Waals surface area contributed by atoms with E-state index in [9.17, 15) is 18.3 Å². The molecule has 7 heteroatoms. The van der Waals surface area contributed by atoms with Gasteiger partial charge in [-0.3, -0.25) is 0 Å². The maximum atomic E-state index is 12.9. The summed E-state index contributed by atoms with van der Waals surface area (Å²) in [6, 6.07) is 2.17. The fraction of sp³-hybridized carbons (Fsp3) is 0.667. The van der Waals surface area contributed by atoms with Crippen molar-refractivity contribution in [3.63, 3.8) is 0 Å². The van der Waals surface area contributed by atoms with Crippen LogP contribution < -0.4 is 10.2 Å². The lowest BCUT2D eigenvalue weighted by Gasteiger charge is -2.48. The second kappa shape index (κ2) is 5.38. The molecule has 0 aliphatic carbocycles. The number of halogens is 3. The number of piperidine rings is 2. The van der Waals surface area contributed by atoms with Gasteiger partial charge in [-0.1, -0.05) is 0 Å². The number of fused-ring (bicyclic) bond motifs is 1. The molecule has 0 unspecified atom stereocenters. The summed E-state index contributed by atoms with van der Waals surface area (Å²) in [6.45, 7) is 4.10. The van der Waals surface area contributed by atoms with Crippen molar-refractivity contribution in [3.8, 4) is 0 Å². The van der Waals surface area contributed by atoms with Gasteiger partial charge >= 0.3 is 6.18 Å². The number of hydrogen-bond acceptors (Lipinski definition) is 4. The summed E-state index contributed by atoms with van der Waals surface area (Å²) in [6.07, 6.45) is -3.11. The first kappa shape index (κ1) is 15.6. The molecule has 0 saturated carbocycles. The van der Waals surface area contributed by atoms with E-state index in [2.05, 4.69) is 10.3 Å². The van der Waals surface area contributed by atoms with E-state index in [0.29, 0.717) is 44.0 Å². The van der Waals surface area contributed by atoms with Crippen molar-refractivity contribution in [1.82, 2.24) is 10.3 Å². The molecule has 1 aromatic heterocycles. The molecule has 0 aromatic carbocycles. The highest BCUT2D eigenvalue weighted by atomic mass is 19.4. The molecule has 2 saturated heterocycles. The summed E-state index contributed by atoms with van der Waals surface area (Å²) in [5.74, 6) is 0.367. The van der Waals surface area contributed by atoms with Gasteiger partial charge in [0.2, 0.25) is 0 Å². The Labute approximate surface area is 127 Å². The van der Waals surface area contributed by atoms with E-state index >= 15 is 0 Å². The average Bonchev–Trinajstić information content (AvgIpc) is 2.44. The highest BCUT2D eigenvalue weighted by molar-refractivity contribution is 5.44. The van der Waals surface area contributed by atoms with Gasteiger partial charge in [-0.2, -0.15) is 13.2 Å². The Morgan fingerprint density at radius 2 is 2.14 bits per heavy atom. The minimum absolute atomic E-state index is 0.0200. The Morgan fingerprint density at radius 3 is 2.86 bits per heavy atom. The second-order valence-corrected chi connectivity index (χ2v) is 6.30. The molecule has 1 aromatic rings. The van der Waals surface area contributed by atoms with Gasteiger partial charge in [0.05, 0.1) is 11.2 Å². The van der Waals surface area contributed by atoms with Crippen LogP contribution in [-0.2, 0) is 6.18 Å². The van der Waals surface area contributed by atoms with Gasteiger partial charge in [-0.05, 0) is 38.4 Å². The Balaban J connectivity index is 1.85. The maximum absolute atomic E-state index is 12.9. The first-order valence-corrected chi connectivity index (χ1v) is 7.52. The Hall–Kier alpha value is -1.34. The number of rotatable bonds is 1. The third-order valence-electron chi connectivity index (χ3n) is 4.73. The molecule has 0 radical (unpaired) electrons. The van der Waals surface area contributed by atoms with E-state index in [1.54, 1.807) is 6.92 Å². The Kier molecular flexibility index (Phi) is 3.81. The van der Waals surface area contributed by atoms with Crippen LogP contribution in [0.4, 0.5) is 19.0 Å². The van der Waals surface area contributed by atoms with Crippen LogP contribution >= 0.6 is 0 Å². The van der Waals surface area contributed by atoms with Crippen LogP contribution in [0.3, 0.4) is 0 Å². The lowest BCUT2D eigenvalue weighted by molar-refractivity contribution is -0.137. The first-order chi connectivity index (χ1) is 10.3. The summed E-state index contributed by atoms with van der Waals surface area (Å²) in [5, 5.41) is 13.9. The van der Waals surface area contributed by atoms with Crippen molar-refractivity contribution >= 4 is 5.82 Å². The van der Waals surface area contributed by atoms with Crippen molar-refractivity contribution in [2.75, 3.05) is 31.1 Å². The molecule has 2 aliphatic rings. The van der Waals surface area contributed by atoms with Gasteiger partial charge in [0.15, 0.2) is 0 Å². The summed E-state index contributed by atoms with van der Waals surface area (Å²) >= 11 is 0. The van der Waals surface area contributed by atoms with E-state index in [4.69, 9.17) is 0 Å².